The monoisotopic (exact) mass is 213 g/mol. The number of methoxy groups -OCH3 is 1. The van der Waals surface area contributed by atoms with Gasteiger partial charge < -0.3 is 9.47 Å². The van der Waals surface area contributed by atoms with Gasteiger partial charge in [-0.1, -0.05) is 23.8 Å². The molecule has 81 valence electrons. The van der Waals surface area contributed by atoms with E-state index in [4.69, 9.17) is 9.47 Å². The summed E-state index contributed by atoms with van der Waals surface area (Å²) in [4.78, 5) is 0. The molecule has 0 aromatic heterocycles. The molecular formula is C14H13O2. The fraction of sp³-hybridized carbons (Fsp3) is 0.143. The lowest BCUT2D eigenvalue weighted by Crippen LogP contribution is -1.89. The summed E-state index contributed by atoms with van der Waals surface area (Å²) >= 11 is 0. The van der Waals surface area contributed by atoms with Crippen molar-refractivity contribution in [3.63, 3.8) is 0 Å². The van der Waals surface area contributed by atoms with Gasteiger partial charge in [-0.25, -0.2) is 0 Å². The quantitative estimate of drug-likeness (QED) is 0.775. The van der Waals surface area contributed by atoms with E-state index in [1.807, 2.05) is 37.3 Å². The molecule has 2 rings (SSSR count). The molecule has 0 aliphatic rings. The summed E-state index contributed by atoms with van der Waals surface area (Å²) in [6, 6.07) is 16.2. The molecule has 0 aliphatic heterocycles. The van der Waals surface area contributed by atoms with E-state index in [0.717, 1.165) is 5.75 Å². The van der Waals surface area contributed by atoms with Crippen molar-refractivity contribution in [3.8, 4) is 17.2 Å². The first-order valence-corrected chi connectivity index (χ1v) is 5.08. The van der Waals surface area contributed by atoms with Gasteiger partial charge in [0, 0.05) is 0 Å². The fourth-order valence-electron chi connectivity index (χ4n) is 1.38. The molecule has 0 fully saturated rings. The van der Waals surface area contributed by atoms with E-state index >= 15 is 0 Å². The van der Waals surface area contributed by atoms with Crippen LogP contribution in [0.3, 0.4) is 0 Å². The lowest BCUT2D eigenvalue weighted by Gasteiger charge is -2.09. The topological polar surface area (TPSA) is 18.5 Å². The lowest BCUT2D eigenvalue weighted by atomic mass is 10.2. The number of hydrogen-bond donors (Lipinski definition) is 0. The third-order valence-electron chi connectivity index (χ3n) is 2.26. The van der Waals surface area contributed by atoms with Crippen LogP contribution in [0.4, 0.5) is 0 Å². The molecule has 2 aromatic rings. The highest BCUT2D eigenvalue weighted by atomic mass is 16.5. The molecule has 0 unspecified atom stereocenters. The molecule has 2 aromatic carbocycles. The molecule has 16 heavy (non-hydrogen) atoms. The second-order valence-electron chi connectivity index (χ2n) is 3.49. The minimum absolute atomic E-state index is 0.683. The second-order valence-corrected chi connectivity index (χ2v) is 3.49. The SMILES string of the molecule is COc1c[c]ccc1Oc1ccc(C)cc1. The zero-order chi connectivity index (χ0) is 11.4. The molecular weight excluding hydrogens is 200 g/mol. The summed E-state index contributed by atoms with van der Waals surface area (Å²) < 4.78 is 10.9. The van der Waals surface area contributed by atoms with Gasteiger partial charge in [0.25, 0.3) is 0 Å². The third kappa shape index (κ3) is 2.34. The molecule has 0 aliphatic carbocycles. The largest absolute Gasteiger partial charge is 0.493 e. The van der Waals surface area contributed by atoms with Crippen molar-refractivity contribution in [1.29, 1.82) is 0 Å². The van der Waals surface area contributed by atoms with Crippen LogP contribution in [-0.4, -0.2) is 7.11 Å². The standard InChI is InChI=1S/C14H13O2/c1-11-7-9-12(10-8-11)16-14-6-4-3-5-13(14)15-2/h4-10H,1-2H3. The van der Waals surface area contributed by atoms with Crippen molar-refractivity contribution in [2.45, 2.75) is 6.92 Å². The average molecular weight is 213 g/mol. The Kier molecular flexibility index (Phi) is 3.10. The van der Waals surface area contributed by atoms with Gasteiger partial charge in [-0.05, 0) is 37.3 Å². The summed E-state index contributed by atoms with van der Waals surface area (Å²) in [5.41, 5.74) is 1.21. The van der Waals surface area contributed by atoms with E-state index in [2.05, 4.69) is 6.07 Å². The summed E-state index contributed by atoms with van der Waals surface area (Å²) in [5, 5.41) is 0. The minimum atomic E-state index is 0.683. The van der Waals surface area contributed by atoms with Crippen LogP contribution in [0.25, 0.3) is 0 Å². The van der Waals surface area contributed by atoms with Crippen LogP contribution in [0, 0.1) is 13.0 Å². The summed E-state index contributed by atoms with van der Waals surface area (Å²) in [5.74, 6) is 2.18. The average Bonchev–Trinajstić information content (AvgIpc) is 2.33. The van der Waals surface area contributed by atoms with Gasteiger partial charge in [0.15, 0.2) is 11.5 Å². The van der Waals surface area contributed by atoms with E-state index in [-0.39, 0.29) is 0 Å². The Morgan fingerprint density at radius 3 is 2.44 bits per heavy atom. The maximum Gasteiger partial charge on any atom is 0.169 e. The zero-order valence-corrected chi connectivity index (χ0v) is 9.36. The van der Waals surface area contributed by atoms with Crippen molar-refractivity contribution in [2.75, 3.05) is 7.11 Å². The van der Waals surface area contributed by atoms with Gasteiger partial charge >= 0.3 is 0 Å². The molecule has 0 heterocycles. The van der Waals surface area contributed by atoms with Gasteiger partial charge in [-0.3, -0.25) is 0 Å². The highest BCUT2D eigenvalue weighted by molar-refractivity contribution is 5.42. The predicted molar refractivity (Wildman–Crippen MR) is 63.1 cm³/mol. The predicted octanol–water partition coefficient (Wildman–Crippen LogP) is 3.60. The number of rotatable bonds is 3. The summed E-state index contributed by atoms with van der Waals surface area (Å²) in [6.07, 6.45) is 0. The van der Waals surface area contributed by atoms with Crippen molar-refractivity contribution in [2.24, 2.45) is 0 Å². The van der Waals surface area contributed by atoms with E-state index in [1.165, 1.54) is 5.56 Å². The molecule has 0 amide bonds. The summed E-state index contributed by atoms with van der Waals surface area (Å²) in [6.45, 7) is 2.04. The van der Waals surface area contributed by atoms with E-state index in [0.29, 0.717) is 11.5 Å². The van der Waals surface area contributed by atoms with Crippen LogP contribution >= 0.6 is 0 Å². The molecule has 0 saturated carbocycles. The van der Waals surface area contributed by atoms with Gasteiger partial charge in [-0.2, -0.15) is 0 Å². The van der Waals surface area contributed by atoms with Crippen LogP contribution in [0.5, 0.6) is 17.2 Å². The fourth-order valence-corrected chi connectivity index (χ4v) is 1.38. The Labute approximate surface area is 95.4 Å². The minimum Gasteiger partial charge on any atom is -0.493 e. The lowest BCUT2D eigenvalue weighted by molar-refractivity contribution is 0.379. The number of ether oxygens (including phenoxy) is 2. The Balaban J connectivity index is 2.23. The van der Waals surface area contributed by atoms with Crippen molar-refractivity contribution in [1.82, 2.24) is 0 Å². The van der Waals surface area contributed by atoms with Crippen molar-refractivity contribution in [3.05, 3.63) is 54.1 Å². The van der Waals surface area contributed by atoms with Crippen LogP contribution in [0.2, 0.25) is 0 Å². The Bertz CT molecular complexity index is 460. The van der Waals surface area contributed by atoms with E-state index in [9.17, 15) is 0 Å². The van der Waals surface area contributed by atoms with Crippen LogP contribution in [0.1, 0.15) is 5.56 Å². The van der Waals surface area contributed by atoms with Gasteiger partial charge in [0.1, 0.15) is 5.75 Å². The first-order valence-electron chi connectivity index (χ1n) is 5.08. The van der Waals surface area contributed by atoms with Gasteiger partial charge in [-0.15, -0.1) is 0 Å². The van der Waals surface area contributed by atoms with Crippen LogP contribution in [0.15, 0.2) is 42.5 Å². The molecule has 1 radical (unpaired) electrons. The van der Waals surface area contributed by atoms with Crippen LogP contribution in [-0.2, 0) is 0 Å². The Hall–Kier alpha value is -1.96. The van der Waals surface area contributed by atoms with Crippen molar-refractivity contribution < 1.29 is 9.47 Å². The highest BCUT2D eigenvalue weighted by Crippen LogP contribution is 2.30. The van der Waals surface area contributed by atoms with Crippen molar-refractivity contribution >= 4 is 0 Å². The van der Waals surface area contributed by atoms with Gasteiger partial charge in [0.2, 0.25) is 0 Å². The van der Waals surface area contributed by atoms with E-state index in [1.54, 1.807) is 19.2 Å². The number of aryl methyl sites for hydroxylation is 1. The number of hydrogen-bond acceptors (Lipinski definition) is 2. The zero-order valence-electron chi connectivity index (χ0n) is 9.36. The maximum absolute atomic E-state index is 5.71. The molecule has 0 saturated heterocycles. The second kappa shape index (κ2) is 4.71. The normalized spacial score (nSPS) is 9.88. The highest BCUT2D eigenvalue weighted by Gasteiger charge is 2.03. The molecule has 0 spiro atoms. The first kappa shape index (κ1) is 10.6. The summed E-state index contributed by atoms with van der Waals surface area (Å²) in [7, 11) is 1.62. The van der Waals surface area contributed by atoms with Gasteiger partial charge in [0.05, 0.1) is 7.11 Å². The maximum atomic E-state index is 5.71. The third-order valence-corrected chi connectivity index (χ3v) is 2.26. The smallest absolute Gasteiger partial charge is 0.169 e. The Morgan fingerprint density at radius 2 is 1.75 bits per heavy atom. The molecule has 2 heteroatoms. The molecule has 0 bridgehead atoms. The van der Waals surface area contributed by atoms with Crippen LogP contribution < -0.4 is 9.47 Å². The molecule has 2 nitrogen and oxygen atoms in total. The van der Waals surface area contributed by atoms with E-state index < -0.39 is 0 Å². The molecule has 0 N–H and O–H groups in total. The Morgan fingerprint density at radius 1 is 1.00 bits per heavy atom. The molecule has 0 atom stereocenters. The first-order chi connectivity index (χ1) is 7.79. The number of benzene rings is 2.